The van der Waals surface area contributed by atoms with E-state index in [9.17, 15) is 17.6 Å². The van der Waals surface area contributed by atoms with Crippen molar-refractivity contribution in [2.45, 2.75) is 6.18 Å². The molecule has 0 atom stereocenters. The Morgan fingerprint density at radius 2 is 1.77 bits per heavy atom. The molecule has 6 heteroatoms. The SMILES string of the molecule is Fc1cc[c-]c(C(F)(F)F)c1.[Br-].[Mg+2]. The van der Waals surface area contributed by atoms with Crippen LogP contribution < -0.4 is 17.0 Å². The topological polar surface area (TPSA) is 0 Å². The molecule has 0 nitrogen and oxygen atoms in total. The smallest absolute Gasteiger partial charge is 1.00 e. The maximum absolute atomic E-state index is 12.2. The molecule has 0 aliphatic rings. The van der Waals surface area contributed by atoms with Crippen LogP contribution in [0.15, 0.2) is 18.2 Å². The minimum absolute atomic E-state index is 0. The van der Waals surface area contributed by atoms with E-state index in [-0.39, 0.29) is 40.0 Å². The van der Waals surface area contributed by atoms with E-state index in [1.54, 1.807) is 0 Å². The van der Waals surface area contributed by atoms with Crippen molar-refractivity contribution < 1.29 is 34.5 Å². The van der Waals surface area contributed by atoms with Crippen LogP contribution in [0.3, 0.4) is 0 Å². The molecule has 1 aromatic rings. The molecule has 0 amide bonds. The molecule has 0 unspecified atom stereocenters. The van der Waals surface area contributed by atoms with Gasteiger partial charge in [-0.05, 0) is 0 Å². The molecule has 1 rings (SSSR count). The van der Waals surface area contributed by atoms with Crippen molar-refractivity contribution >= 4 is 23.1 Å². The van der Waals surface area contributed by atoms with Crippen molar-refractivity contribution in [2.75, 3.05) is 0 Å². The van der Waals surface area contributed by atoms with Gasteiger partial charge >= 0.3 is 29.2 Å². The Labute approximate surface area is 99.2 Å². The Bertz CT molecular complexity index is 261. The van der Waals surface area contributed by atoms with E-state index in [1.807, 2.05) is 6.07 Å². The van der Waals surface area contributed by atoms with Gasteiger partial charge in [-0.1, -0.05) is 5.56 Å². The van der Waals surface area contributed by atoms with Crippen LogP contribution in [0.25, 0.3) is 0 Å². The minimum Gasteiger partial charge on any atom is -1.00 e. The predicted molar refractivity (Wildman–Crippen MR) is 36.0 cm³/mol. The first-order chi connectivity index (χ1) is 5.00. The molecule has 1 aromatic carbocycles. The van der Waals surface area contributed by atoms with Crippen LogP contribution >= 0.6 is 0 Å². The van der Waals surface area contributed by atoms with E-state index >= 15 is 0 Å². The second kappa shape index (κ2) is 5.82. The summed E-state index contributed by atoms with van der Waals surface area (Å²) in [6.45, 7) is 0. The molecule has 0 saturated heterocycles. The number of rotatable bonds is 0. The minimum atomic E-state index is -4.51. The fourth-order valence-corrected chi connectivity index (χ4v) is 0.602. The van der Waals surface area contributed by atoms with Gasteiger partial charge in [0.25, 0.3) is 0 Å². The Balaban J connectivity index is 0. The molecule has 0 aliphatic carbocycles. The van der Waals surface area contributed by atoms with Crippen molar-refractivity contribution in [3.8, 4) is 0 Å². The van der Waals surface area contributed by atoms with Gasteiger partial charge in [0.15, 0.2) is 0 Å². The summed E-state index contributed by atoms with van der Waals surface area (Å²) in [7, 11) is 0. The van der Waals surface area contributed by atoms with E-state index < -0.39 is 17.6 Å². The summed E-state index contributed by atoms with van der Waals surface area (Å²) in [4.78, 5) is 0. The quantitative estimate of drug-likeness (QED) is 0.330. The Kier molecular flexibility index (Phi) is 7.01. The van der Waals surface area contributed by atoms with Crippen LogP contribution in [0.1, 0.15) is 5.56 Å². The monoisotopic (exact) mass is 266 g/mol. The van der Waals surface area contributed by atoms with E-state index in [0.717, 1.165) is 12.1 Å². The first kappa shape index (κ1) is 15.6. The zero-order chi connectivity index (χ0) is 8.48. The summed E-state index contributed by atoms with van der Waals surface area (Å²) < 4.78 is 47.5. The molecule has 0 aliphatic heterocycles. The van der Waals surface area contributed by atoms with Gasteiger partial charge in [0.2, 0.25) is 0 Å². The van der Waals surface area contributed by atoms with Crippen molar-refractivity contribution in [3.63, 3.8) is 0 Å². The molecule has 0 fully saturated rings. The van der Waals surface area contributed by atoms with Gasteiger partial charge in [-0.15, -0.1) is 12.1 Å². The zero-order valence-electron chi connectivity index (χ0n) is 6.33. The molecule has 13 heavy (non-hydrogen) atoms. The summed E-state index contributed by atoms with van der Waals surface area (Å²) in [6, 6.07) is 4.10. The van der Waals surface area contributed by atoms with E-state index in [0.29, 0.717) is 6.07 Å². The summed E-state index contributed by atoms with van der Waals surface area (Å²) in [5.74, 6) is -0.906. The molecular weight excluding hydrogens is 264 g/mol. The molecule has 0 spiro atoms. The normalized spacial score (nSPS) is 9.85. The third-order valence-corrected chi connectivity index (χ3v) is 1.07. The third-order valence-electron chi connectivity index (χ3n) is 1.07. The van der Waals surface area contributed by atoms with Crippen LogP contribution in [-0.4, -0.2) is 23.1 Å². The van der Waals surface area contributed by atoms with Gasteiger partial charge < -0.3 is 17.0 Å². The third kappa shape index (κ3) is 4.83. The van der Waals surface area contributed by atoms with Gasteiger partial charge in [0.1, 0.15) is 0 Å². The maximum Gasteiger partial charge on any atom is 2.00 e. The van der Waals surface area contributed by atoms with Gasteiger partial charge in [-0.25, -0.2) is 4.39 Å². The van der Waals surface area contributed by atoms with Crippen molar-refractivity contribution in [3.05, 3.63) is 35.6 Å². The van der Waals surface area contributed by atoms with Crippen molar-refractivity contribution in [1.82, 2.24) is 0 Å². The van der Waals surface area contributed by atoms with Crippen LogP contribution in [0.2, 0.25) is 0 Å². The van der Waals surface area contributed by atoms with Gasteiger partial charge in [0.05, 0.1) is 0 Å². The summed E-state index contributed by atoms with van der Waals surface area (Å²) in [5, 5.41) is 0. The van der Waals surface area contributed by atoms with Gasteiger partial charge in [-0.2, -0.15) is 25.3 Å². The second-order valence-corrected chi connectivity index (χ2v) is 1.92. The Hall–Kier alpha value is 0.186. The largest absolute Gasteiger partial charge is 2.00 e. The molecule has 0 N–H and O–H groups in total. The zero-order valence-corrected chi connectivity index (χ0v) is 9.33. The van der Waals surface area contributed by atoms with Crippen LogP contribution in [0.4, 0.5) is 17.6 Å². The predicted octanol–water partition coefficient (Wildman–Crippen LogP) is -0.732. The maximum atomic E-state index is 12.2. The summed E-state index contributed by atoms with van der Waals surface area (Å²) in [6.07, 6.45) is -4.51. The standard InChI is InChI=1S/C7H3F4.BrH.Mg/c8-6-3-1-2-5(4-6)7(9,10)11;;/h1,3-4H;1H;/q-1;;+2/p-1. The second-order valence-electron chi connectivity index (χ2n) is 1.92. The first-order valence-electron chi connectivity index (χ1n) is 2.74. The fourth-order valence-electron chi connectivity index (χ4n) is 0.602. The number of alkyl halides is 3. The number of halogens is 5. The van der Waals surface area contributed by atoms with Crippen molar-refractivity contribution in [1.29, 1.82) is 0 Å². The van der Waals surface area contributed by atoms with Gasteiger partial charge in [-0.3, -0.25) is 0 Å². The fraction of sp³-hybridized carbons (Fsp3) is 0.143. The Morgan fingerprint density at radius 1 is 1.23 bits per heavy atom. The Morgan fingerprint density at radius 3 is 2.08 bits per heavy atom. The molecule has 0 heterocycles. The molecular formula is C7H3BrF4Mg. The number of hydrogen-bond acceptors (Lipinski definition) is 0. The van der Waals surface area contributed by atoms with Crippen LogP contribution in [0.5, 0.6) is 0 Å². The molecule has 0 saturated carbocycles. The molecule has 68 valence electrons. The van der Waals surface area contributed by atoms with Gasteiger partial charge in [0, 0.05) is 5.82 Å². The summed E-state index contributed by atoms with van der Waals surface area (Å²) >= 11 is 0. The average Bonchev–Trinajstić information content (AvgIpc) is 1.86. The van der Waals surface area contributed by atoms with E-state index in [4.69, 9.17) is 0 Å². The van der Waals surface area contributed by atoms with Crippen LogP contribution in [0, 0.1) is 11.9 Å². The van der Waals surface area contributed by atoms with Crippen molar-refractivity contribution in [2.24, 2.45) is 0 Å². The number of hydrogen-bond donors (Lipinski definition) is 0. The average molecular weight is 267 g/mol. The van der Waals surface area contributed by atoms with Crippen LogP contribution in [-0.2, 0) is 6.18 Å². The van der Waals surface area contributed by atoms with E-state index in [2.05, 4.69) is 0 Å². The molecule has 0 radical (unpaired) electrons. The number of benzene rings is 1. The summed E-state index contributed by atoms with van der Waals surface area (Å²) in [5.41, 5.74) is -1.09. The van der Waals surface area contributed by atoms with E-state index in [1.165, 1.54) is 0 Å². The first-order valence-corrected chi connectivity index (χ1v) is 2.74. The molecule has 0 aromatic heterocycles. The molecule has 0 bridgehead atoms.